The molecule has 1 aromatic heterocycles. The molecular weight excluding hydrogens is 276 g/mol. The molecule has 1 aliphatic rings. The Kier molecular flexibility index (Phi) is 5.12. The lowest BCUT2D eigenvalue weighted by atomic mass is 9.95. The third-order valence-corrected chi connectivity index (χ3v) is 5.47. The van der Waals surface area contributed by atoms with E-state index in [-0.39, 0.29) is 17.6 Å². The Hall–Kier alpha value is -0.980. The number of aromatic nitrogens is 1. The summed E-state index contributed by atoms with van der Waals surface area (Å²) in [6.07, 6.45) is 5.75. The van der Waals surface area contributed by atoms with E-state index in [1.54, 1.807) is 19.1 Å². The van der Waals surface area contributed by atoms with Gasteiger partial charge in [0, 0.05) is 18.8 Å². The molecule has 1 unspecified atom stereocenters. The van der Waals surface area contributed by atoms with E-state index in [4.69, 9.17) is 0 Å². The predicted molar refractivity (Wildman–Crippen MR) is 76.7 cm³/mol. The van der Waals surface area contributed by atoms with Crippen LogP contribution in [0.15, 0.2) is 29.4 Å². The first-order valence-corrected chi connectivity index (χ1v) is 8.57. The van der Waals surface area contributed by atoms with Gasteiger partial charge >= 0.3 is 0 Å². The first kappa shape index (κ1) is 15.4. The molecule has 112 valence electrons. The van der Waals surface area contributed by atoms with Crippen LogP contribution < -0.4 is 0 Å². The zero-order valence-electron chi connectivity index (χ0n) is 11.8. The minimum atomic E-state index is -3.63. The van der Waals surface area contributed by atoms with E-state index in [0.717, 1.165) is 32.1 Å². The second-order valence-electron chi connectivity index (χ2n) is 5.38. The normalized spacial score (nSPS) is 19.1. The molecule has 1 N–H and O–H groups in total. The van der Waals surface area contributed by atoms with E-state index in [0.29, 0.717) is 0 Å². The third kappa shape index (κ3) is 3.56. The Balaban J connectivity index is 2.29. The van der Waals surface area contributed by atoms with Gasteiger partial charge in [0.25, 0.3) is 10.0 Å². The summed E-state index contributed by atoms with van der Waals surface area (Å²) < 4.78 is 26.9. The Bertz CT molecular complexity index is 510. The quantitative estimate of drug-likeness (QED) is 0.899. The predicted octanol–water partition coefficient (Wildman–Crippen LogP) is 1.79. The highest BCUT2D eigenvalue weighted by atomic mass is 32.2. The van der Waals surface area contributed by atoms with Crippen LogP contribution in [-0.4, -0.2) is 41.5 Å². The van der Waals surface area contributed by atoms with Crippen LogP contribution in [0.2, 0.25) is 0 Å². The number of aliphatic hydroxyl groups excluding tert-OH is 1. The molecule has 0 saturated heterocycles. The molecule has 0 amide bonds. The van der Waals surface area contributed by atoms with Gasteiger partial charge in [0.05, 0.1) is 6.10 Å². The highest BCUT2D eigenvalue weighted by Crippen LogP contribution is 2.27. The summed E-state index contributed by atoms with van der Waals surface area (Å²) in [7, 11) is -3.63. The Morgan fingerprint density at radius 3 is 2.60 bits per heavy atom. The number of pyridine rings is 1. The number of hydrogen-bond donors (Lipinski definition) is 1. The molecule has 6 heteroatoms. The molecular formula is C14H22N2O3S. The summed E-state index contributed by atoms with van der Waals surface area (Å²) in [5, 5.41) is 9.70. The van der Waals surface area contributed by atoms with Gasteiger partial charge in [-0.3, -0.25) is 0 Å². The van der Waals surface area contributed by atoms with Gasteiger partial charge in [-0.2, -0.15) is 4.31 Å². The number of aliphatic hydroxyl groups is 1. The molecule has 1 atom stereocenters. The molecule has 1 fully saturated rings. The van der Waals surface area contributed by atoms with E-state index in [1.165, 1.54) is 16.6 Å². The Morgan fingerprint density at radius 2 is 2.05 bits per heavy atom. The van der Waals surface area contributed by atoms with Crippen molar-refractivity contribution in [2.45, 2.75) is 56.2 Å². The van der Waals surface area contributed by atoms with Gasteiger partial charge in [-0.1, -0.05) is 25.3 Å². The van der Waals surface area contributed by atoms with E-state index < -0.39 is 16.1 Å². The number of sulfonamides is 1. The first-order valence-electron chi connectivity index (χ1n) is 7.13. The van der Waals surface area contributed by atoms with Crippen molar-refractivity contribution in [3.05, 3.63) is 24.4 Å². The van der Waals surface area contributed by atoms with Crippen molar-refractivity contribution in [1.82, 2.24) is 9.29 Å². The zero-order valence-corrected chi connectivity index (χ0v) is 12.6. The van der Waals surface area contributed by atoms with Crippen molar-refractivity contribution in [3.63, 3.8) is 0 Å². The van der Waals surface area contributed by atoms with Gasteiger partial charge in [0.2, 0.25) is 0 Å². The number of nitrogens with zero attached hydrogens (tertiary/aromatic N) is 2. The van der Waals surface area contributed by atoms with Crippen molar-refractivity contribution >= 4 is 10.0 Å². The highest BCUT2D eigenvalue weighted by molar-refractivity contribution is 7.89. The average Bonchev–Trinajstić information content (AvgIpc) is 2.46. The highest BCUT2D eigenvalue weighted by Gasteiger charge is 2.33. The van der Waals surface area contributed by atoms with Crippen LogP contribution in [0.25, 0.3) is 0 Å². The fourth-order valence-corrected chi connectivity index (χ4v) is 4.39. The first-order chi connectivity index (χ1) is 9.51. The van der Waals surface area contributed by atoms with Crippen LogP contribution in [0, 0.1) is 0 Å². The van der Waals surface area contributed by atoms with Crippen LogP contribution in [0.1, 0.15) is 39.0 Å². The van der Waals surface area contributed by atoms with Crippen molar-refractivity contribution in [2.75, 3.05) is 6.54 Å². The van der Waals surface area contributed by atoms with Crippen molar-refractivity contribution in [1.29, 1.82) is 0 Å². The zero-order chi connectivity index (χ0) is 14.6. The van der Waals surface area contributed by atoms with Crippen LogP contribution in [0.3, 0.4) is 0 Å². The van der Waals surface area contributed by atoms with E-state index in [9.17, 15) is 13.5 Å². The van der Waals surface area contributed by atoms with Gasteiger partial charge in [-0.15, -0.1) is 0 Å². The van der Waals surface area contributed by atoms with Gasteiger partial charge in [-0.25, -0.2) is 13.4 Å². The van der Waals surface area contributed by atoms with Crippen LogP contribution in [0.4, 0.5) is 0 Å². The van der Waals surface area contributed by atoms with E-state index in [1.807, 2.05) is 0 Å². The van der Waals surface area contributed by atoms with Crippen LogP contribution >= 0.6 is 0 Å². The number of rotatable bonds is 5. The van der Waals surface area contributed by atoms with Gasteiger partial charge < -0.3 is 5.11 Å². The molecule has 0 bridgehead atoms. The largest absolute Gasteiger partial charge is 0.392 e. The smallest absolute Gasteiger partial charge is 0.260 e. The van der Waals surface area contributed by atoms with Gasteiger partial charge in [0.15, 0.2) is 5.03 Å². The molecule has 2 rings (SSSR count). The molecule has 20 heavy (non-hydrogen) atoms. The lowest BCUT2D eigenvalue weighted by Gasteiger charge is -2.33. The fraction of sp³-hybridized carbons (Fsp3) is 0.643. The van der Waals surface area contributed by atoms with Gasteiger partial charge in [0.1, 0.15) is 0 Å². The van der Waals surface area contributed by atoms with Gasteiger partial charge in [-0.05, 0) is 31.9 Å². The van der Waals surface area contributed by atoms with Crippen molar-refractivity contribution in [2.24, 2.45) is 0 Å². The standard InChI is InChI=1S/C14H22N2O3S/c1-12(17)11-16(13-7-3-2-4-8-13)20(18,19)14-9-5-6-10-15-14/h5-6,9-10,12-13,17H,2-4,7-8,11H2,1H3. The summed E-state index contributed by atoms with van der Waals surface area (Å²) in [6, 6.07) is 4.85. The lowest BCUT2D eigenvalue weighted by Crippen LogP contribution is -2.45. The second kappa shape index (κ2) is 6.65. The minimum Gasteiger partial charge on any atom is -0.392 e. The molecule has 5 nitrogen and oxygen atoms in total. The Labute approximate surface area is 120 Å². The molecule has 0 spiro atoms. The lowest BCUT2D eigenvalue weighted by molar-refractivity contribution is 0.136. The second-order valence-corrected chi connectivity index (χ2v) is 7.22. The topological polar surface area (TPSA) is 70.5 Å². The molecule has 1 saturated carbocycles. The molecule has 0 aliphatic heterocycles. The Morgan fingerprint density at radius 1 is 1.35 bits per heavy atom. The van der Waals surface area contributed by atoms with Crippen molar-refractivity contribution in [3.8, 4) is 0 Å². The summed E-state index contributed by atoms with van der Waals surface area (Å²) in [5.41, 5.74) is 0. The minimum absolute atomic E-state index is 0.0228. The van der Waals surface area contributed by atoms with Crippen LogP contribution in [-0.2, 0) is 10.0 Å². The maximum atomic E-state index is 12.7. The monoisotopic (exact) mass is 298 g/mol. The van der Waals surface area contributed by atoms with E-state index in [2.05, 4.69) is 4.98 Å². The van der Waals surface area contributed by atoms with Crippen LogP contribution in [0.5, 0.6) is 0 Å². The van der Waals surface area contributed by atoms with E-state index >= 15 is 0 Å². The average molecular weight is 298 g/mol. The maximum Gasteiger partial charge on any atom is 0.260 e. The summed E-state index contributed by atoms with van der Waals surface area (Å²) in [4.78, 5) is 3.96. The third-order valence-electron chi connectivity index (χ3n) is 3.64. The molecule has 1 heterocycles. The maximum absolute atomic E-state index is 12.7. The number of hydrogen-bond acceptors (Lipinski definition) is 4. The fourth-order valence-electron chi connectivity index (χ4n) is 2.69. The molecule has 1 aliphatic carbocycles. The summed E-state index contributed by atoms with van der Waals surface area (Å²) in [5.74, 6) is 0. The molecule has 0 radical (unpaired) electrons. The SMILES string of the molecule is CC(O)CN(C1CCCCC1)S(=O)(=O)c1ccccn1. The molecule has 0 aromatic carbocycles. The summed E-state index contributed by atoms with van der Waals surface area (Å²) >= 11 is 0. The summed E-state index contributed by atoms with van der Waals surface area (Å²) in [6.45, 7) is 1.74. The van der Waals surface area contributed by atoms with Crippen molar-refractivity contribution < 1.29 is 13.5 Å². The molecule has 1 aromatic rings.